The van der Waals surface area contributed by atoms with Crippen LogP contribution in [0.1, 0.15) is 11.3 Å². The summed E-state index contributed by atoms with van der Waals surface area (Å²) in [6.07, 6.45) is 4.23. The van der Waals surface area contributed by atoms with Gasteiger partial charge in [0.15, 0.2) is 11.0 Å². The summed E-state index contributed by atoms with van der Waals surface area (Å²) < 4.78 is 7.30. The van der Waals surface area contributed by atoms with Crippen molar-refractivity contribution in [2.45, 2.75) is 25.0 Å². The molecule has 0 unspecified atom stereocenters. The topological polar surface area (TPSA) is 73.0 Å². The maximum absolute atomic E-state index is 12.1. The molecule has 0 aliphatic rings. The molecule has 0 atom stereocenters. The van der Waals surface area contributed by atoms with Crippen LogP contribution in [0.5, 0.6) is 0 Å². The van der Waals surface area contributed by atoms with Crippen molar-refractivity contribution in [3.8, 4) is 11.4 Å². The van der Waals surface area contributed by atoms with E-state index in [4.69, 9.17) is 4.42 Å². The lowest BCUT2D eigenvalue weighted by Crippen LogP contribution is -2.27. The lowest BCUT2D eigenvalue weighted by atomic mass is 10.1. The Kier molecular flexibility index (Phi) is 6.49. The fraction of sp³-hybridized carbons (Fsp3) is 0.250. The van der Waals surface area contributed by atoms with Crippen LogP contribution in [-0.4, -0.2) is 33.0 Å². The molecule has 1 amide bonds. The Morgan fingerprint density at radius 2 is 2.11 bits per heavy atom. The van der Waals surface area contributed by atoms with Crippen LogP contribution in [0.15, 0.2) is 64.9 Å². The largest absolute Gasteiger partial charge is 0.469 e. The van der Waals surface area contributed by atoms with E-state index in [1.165, 1.54) is 17.3 Å². The number of aryl methyl sites for hydroxylation is 1. The zero-order valence-electron chi connectivity index (χ0n) is 15.2. The molecule has 7 heteroatoms. The third-order valence-corrected chi connectivity index (χ3v) is 5.01. The highest BCUT2D eigenvalue weighted by atomic mass is 32.2. The highest BCUT2D eigenvalue weighted by Crippen LogP contribution is 2.26. The summed E-state index contributed by atoms with van der Waals surface area (Å²) in [4.78, 5) is 12.1. The number of benzene rings is 1. The number of rotatable bonds is 9. The highest BCUT2D eigenvalue weighted by molar-refractivity contribution is 7.99. The Labute approximate surface area is 162 Å². The van der Waals surface area contributed by atoms with Gasteiger partial charge in [-0.15, -0.1) is 16.8 Å². The van der Waals surface area contributed by atoms with Gasteiger partial charge in [0.2, 0.25) is 5.91 Å². The molecule has 0 aliphatic carbocycles. The van der Waals surface area contributed by atoms with Gasteiger partial charge in [0.25, 0.3) is 0 Å². The maximum atomic E-state index is 12.1. The van der Waals surface area contributed by atoms with Crippen molar-refractivity contribution in [1.29, 1.82) is 0 Å². The Hall–Kier alpha value is -2.80. The lowest BCUT2D eigenvalue weighted by molar-refractivity contribution is -0.118. The number of allylic oxidation sites excluding steroid dienone is 1. The van der Waals surface area contributed by atoms with Gasteiger partial charge in [-0.3, -0.25) is 9.36 Å². The first-order valence-corrected chi connectivity index (χ1v) is 9.69. The molecule has 0 radical (unpaired) electrons. The van der Waals surface area contributed by atoms with Gasteiger partial charge in [-0.05, 0) is 25.0 Å². The summed E-state index contributed by atoms with van der Waals surface area (Å²) >= 11 is 1.36. The van der Waals surface area contributed by atoms with E-state index >= 15 is 0 Å². The van der Waals surface area contributed by atoms with Gasteiger partial charge >= 0.3 is 0 Å². The van der Waals surface area contributed by atoms with Crippen LogP contribution in [0.25, 0.3) is 11.4 Å². The van der Waals surface area contributed by atoms with Gasteiger partial charge < -0.3 is 9.73 Å². The molecular weight excluding hydrogens is 360 g/mol. The lowest BCUT2D eigenvalue weighted by Gasteiger charge is -2.08. The first kappa shape index (κ1) is 19.0. The number of nitrogens with zero attached hydrogens (tertiary/aromatic N) is 3. The SMILES string of the molecule is C=CCn1c(SCC(=O)NCCc2ccccc2)nnc1-c1ccoc1C. The molecule has 3 rings (SSSR count). The van der Waals surface area contributed by atoms with Gasteiger partial charge in [-0.1, -0.05) is 48.2 Å². The smallest absolute Gasteiger partial charge is 0.230 e. The minimum atomic E-state index is -0.0230. The average Bonchev–Trinajstić information content (AvgIpc) is 3.27. The zero-order chi connectivity index (χ0) is 19.1. The fourth-order valence-corrected chi connectivity index (χ4v) is 3.46. The van der Waals surface area contributed by atoms with Crippen LogP contribution in [0, 0.1) is 6.92 Å². The van der Waals surface area contributed by atoms with E-state index in [2.05, 4.69) is 34.2 Å². The third kappa shape index (κ3) is 4.89. The fourth-order valence-electron chi connectivity index (χ4n) is 2.68. The molecule has 2 heterocycles. The number of carbonyl (C=O) groups excluding carboxylic acids is 1. The van der Waals surface area contributed by atoms with Crippen LogP contribution in [0.4, 0.5) is 0 Å². The Morgan fingerprint density at radius 3 is 2.81 bits per heavy atom. The number of thioether (sulfide) groups is 1. The van der Waals surface area contributed by atoms with E-state index in [0.29, 0.717) is 24.1 Å². The average molecular weight is 382 g/mol. The zero-order valence-corrected chi connectivity index (χ0v) is 16.0. The van der Waals surface area contributed by atoms with Crippen molar-refractivity contribution in [1.82, 2.24) is 20.1 Å². The predicted octanol–water partition coefficient (Wildman–Crippen LogP) is 3.48. The van der Waals surface area contributed by atoms with Crippen molar-refractivity contribution in [2.75, 3.05) is 12.3 Å². The molecule has 0 bridgehead atoms. The van der Waals surface area contributed by atoms with Crippen molar-refractivity contribution in [3.63, 3.8) is 0 Å². The first-order chi connectivity index (χ1) is 13.2. The van der Waals surface area contributed by atoms with Crippen LogP contribution < -0.4 is 5.32 Å². The number of furan rings is 1. The molecule has 0 saturated carbocycles. The Balaban J connectivity index is 1.57. The van der Waals surface area contributed by atoms with Crippen LogP contribution >= 0.6 is 11.8 Å². The van der Waals surface area contributed by atoms with Gasteiger partial charge in [-0.25, -0.2) is 0 Å². The van der Waals surface area contributed by atoms with Crippen LogP contribution in [-0.2, 0) is 17.8 Å². The summed E-state index contributed by atoms with van der Waals surface area (Å²) in [7, 11) is 0. The number of hydrogen-bond acceptors (Lipinski definition) is 5. The second-order valence-electron chi connectivity index (χ2n) is 5.97. The van der Waals surface area contributed by atoms with Gasteiger partial charge in [0.1, 0.15) is 5.76 Å². The van der Waals surface area contributed by atoms with E-state index in [-0.39, 0.29) is 11.7 Å². The van der Waals surface area contributed by atoms with E-state index < -0.39 is 0 Å². The van der Waals surface area contributed by atoms with Crippen molar-refractivity contribution >= 4 is 17.7 Å². The molecule has 0 aliphatic heterocycles. The van der Waals surface area contributed by atoms with Crippen molar-refractivity contribution in [3.05, 3.63) is 66.6 Å². The summed E-state index contributed by atoms with van der Waals surface area (Å²) in [5.74, 6) is 1.76. The molecule has 1 N–H and O–H groups in total. The van der Waals surface area contributed by atoms with Crippen molar-refractivity contribution < 1.29 is 9.21 Å². The highest BCUT2D eigenvalue weighted by Gasteiger charge is 2.17. The number of hydrogen-bond donors (Lipinski definition) is 1. The number of nitrogens with one attached hydrogen (secondary N) is 1. The predicted molar refractivity (Wildman–Crippen MR) is 107 cm³/mol. The molecule has 3 aromatic rings. The summed E-state index contributed by atoms with van der Waals surface area (Å²) in [6, 6.07) is 12.0. The molecule has 0 spiro atoms. The first-order valence-electron chi connectivity index (χ1n) is 8.71. The molecule has 2 aromatic heterocycles. The van der Waals surface area contributed by atoms with E-state index in [9.17, 15) is 4.79 Å². The number of carbonyl (C=O) groups is 1. The normalized spacial score (nSPS) is 10.7. The van der Waals surface area contributed by atoms with Crippen LogP contribution in [0.2, 0.25) is 0 Å². The summed E-state index contributed by atoms with van der Waals surface area (Å²) in [6.45, 7) is 6.86. The minimum absolute atomic E-state index is 0.0230. The van der Waals surface area contributed by atoms with Crippen molar-refractivity contribution in [2.24, 2.45) is 0 Å². The summed E-state index contributed by atoms with van der Waals surface area (Å²) in [5, 5.41) is 12.1. The molecule has 0 saturated heterocycles. The number of aromatic nitrogens is 3. The summed E-state index contributed by atoms with van der Waals surface area (Å²) in [5.41, 5.74) is 2.10. The molecule has 1 aromatic carbocycles. The van der Waals surface area contributed by atoms with Gasteiger partial charge in [0.05, 0.1) is 17.6 Å². The maximum Gasteiger partial charge on any atom is 0.230 e. The van der Waals surface area contributed by atoms with E-state index in [0.717, 1.165) is 17.7 Å². The van der Waals surface area contributed by atoms with Gasteiger partial charge in [-0.2, -0.15) is 0 Å². The van der Waals surface area contributed by atoms with E-state index in [1.807, 2.05) is 35.8 Å². The van der Waals surface area contributed by atoms with E-state index in [1.54, 1.807) is 12.3 Å². The monoisotopic (exact) mass is 382 g/mol. The molecule has 0 fully saturated rings. The Bertz CT molecular complexity index is 902. The Morgan fingerprint density at radius 1 is 1.30 bits per heavy atom. The number of amides is 1. The minimum Gasteiger partial charge on any atom is -0.469 e. The second kappa shape index (κ2) is 9.23. The second-order valence-corrected chi connectivity index (χ2v) is 6.91. The quantitative estimate of drug-likeness (QED) is 0.453. The molecular formula is C20H22N4O2S. The molecule has 27 heavy (non-hydrogen) atoms. The molecule has 6 nitrogen and oxygen atoms in total. The standard InChI is InChI=1S/C20H22N4O2S/c1-3-12-24-19(17-10-13-26-15(17)2)22-23-20(24)27-14-18(25)21-11-9-16-7-5-4-6-8-16/h3-8,10,13H,1,9,11-12,14H2,2H3,(H,21,25). The van der Waals surface area contributed by atoms with Crippen LogP contribution in [0.3, 0.4) is 0 Å². The molecule has 140 valence electrons. The van der Waals surface area contributed by atoms with Gasteiger partial charge in [0, 0.05) is 13.1 Å². The third-order valence-electron chi connectivity index (χ3n) is 4.04.